The van der Waals surface area contributed by atoms with Gasteiger partial charge in [0.15, 0.2) is 23.6 Å². The van der Waals surface area contributed by atoms with Gasteiger partial charge in [0.2, 0.25) is 5.95 Å². The highest BCUT2D eigenvalue weighted by molar-refractivity contribution is 5.94. The number of guanidine groups is 1. The molecule has 0 saturated heterocycles. The number of para-hydroxylation sites is 2. The van der Waals surface area contributed by atoms with E-state index in [4.69, 9.17) is 15.2 Å². The second-order valence-corrected chi connectivity index (χ2v) is 7.43. The number of non-ortho nitro benzene ring substituents is 1. The van der Waals surface area contributed by atoms with Gasteiger partial charge in [0.25, 0.3) is 5.69 Å². The number of aromatic nitrogens is 2. The average Bonchev–Trinajstić information content (AvgIpc) is 3.20. The molecular weight excluding hydrogens is 424 g/mol. The lowest BCUT2D eigenvalue weighted by atomic mass is 10.1. The van der Waals surface area contributed by atoms with E-state index in [1.807, 2.05) is 47.0 Å². The molecule has 1 aromatic heterocycles. The van der Waals surface area contributed by atoms with E-state index in [-0.39, 0.29) is 18.3 Å². The van der Waals surface area contributed by atoms with Gasteiger partial charge in [0.1, 0.15) is 6.61 Å². The molecule has 3 N–H and O–H groups in total. The summed E-state index contributed by atoms with van der Waals surface area (Å²) in [6.07, 6.45) is -0.425. The number of methoxy groups -OCH3 is 1. The van der Waals surface area contributed by atoms with Crippen LogP contribution in [0.3, 0.4) is 0 Å². The van der Waals surface area contributed by atoms with Crippen molar-refractivity contribution in [2.24, 2.45) is 10.7 Å². The highest BCUT2D eigenvalue weighted by Gasteiger charge is 2.26. The number of nitrogens with two attached hydrogens (primary N) is 1. The van der Waals surface area contributed by atoms with Gasteiger partial charge in [-0.25, -0.2) is 9.98 Å². The fourth-order valence-electron chi connectivity index (χ4n) is 3.78. The molecule has 0 unspecified atom stereocenters. The van der Waals surface area contributed by atoms with E-state index in [1.54, 1.807) is 19.2 Å². The van der Waals surface area contributed by atoms with Gasteiger partial charge in [-0.3, -0.25) is 20.0 Å². The summed E-state index contributed by atoms with van der Waals surface area (Å²) in [7, 11) is 1.57. The van der Waals surface area contributed by atoms with E-state index in [0.717, 1.165) is 22.2 Å². The number of rotatable bonds is 6. The standard InChI is InChI=1S/C23H20N6O4/c1-32-20-12-15(8-11-19(20)33-13-14-6-9-16(10-7-14)29(30)31)21-26-22(24)27-23-25-17-4-2-3-5-18(17)28(21)23/h2-12,21H,13H2,1H3,(H3,24,25,26,27)/t21-/m1/s1. The molecule has 10 heteroatoms. The topological polar surface area (TPSA) is 130 Å². The smallest absolute Gasteiger partial charge is 0.269 e. The second kappa shape index (κ2) is 8.15. The first-order chi connectivity index (χ1) is 16.0. The molecule has 5 rings (SSSR count). The Morgan fingerprint density at radius 1 is 1.12 bits per heavy atom. The van der Waals surface area contributed by atoms with Gasteiger partial charge in [0, 0.05) is 17.7 Å². The molecule has 2 heterocycles. The lowest BCUT2D eigenvalue weighted by molar-refractivity contribution is -0.384. The first kappa shape index (κ1) is 20.3. The minimum Gasteiger partial charge on any atom is -0.493 e. The number of fused-ring (bicyclic) bond motifs is 3. The number of nitro benzene ring substituents is 1. The SMILES string of the molecule is COc1cc([C@@H]2N=C(N)Nc3nc4ccccc4n32)ccc1OCc1ccc([N+](=O)[O-])cc1. The van der Waals surface area contributed by atoms with Gasteiger partial charge < -0.3 is 15.2 Å². The number of benzene rings is 3. The predicted molar refractivity (Wildman–Crippen MR) is 124 cm³/mol. The summed E-state index contributed by atoms with van der Waals surface area (Å²) >= 11 is 0. The predicted octanol–water partition coefficient (Wildman–Crippen LogP) is 3.82. The zero-order valence-corrected chi connectivity index (χ0v) is 17.6. The zero-order chi connectivity index (χ0) is 22.9. The van der Waals surface area contributed by atoms with E-state index < -0.39 is 11.1 Å². The molecule has 3 aromatic carbocycles. The molecule has 1 aliphatic rings. The van der Waals surface area contributed by atoms with E-state index in [0.29, 0.717) is 17.4 Å². The molecule has 0 aliphatic carbocycles. The van der Waals surface area contributed by atoms with Crippen LogP contribution in [-0.4, -0.2) is 27.5 Å². The van der Waals surface area contributed by atoms with Crippen LogP contribution < -0.4 is 20.5 Å². The molecule has 1 atom stereocenters. The quantitative estimate of drug-likeness (QED) is 0.341. The Kier molecular flexibility index (Phi) is 5.02. The summed E-state index contributed by atoms with van der Waals surface area (Å²) in [4.78, 5) is 19.6. The van der Waals surface area contributed by atoms with Crippen molar-refractivity contribution in [2.75, 3.05) is 12.4 Å². The lowest BCUT2D eigenvalue weighted by Crippen LogP contribution is -2.31. The van der Waals surface area contributed by atoms with Crippen LogP contribution in [-0.2, 0) is 6.61 Å². The van der Waals surface area contributed by atoms with Crippen LogP contribution in [0.25, 0.3) is 11.0 Å². The monoisotopic (exact) mass is 444 g/mol. The second-order valence-electron chi connectivity index (χ2n) is 7.43. The van der Waals surface area contributed by atoms with E-state index in [1.165, 1.54) is 12.1 Å². The number of aliphatic imine (C=N–C) groups is 1. The Balaban J connectivity index is 1.44. The fourth-order valence-corrected chi connectivity index (χ4v) is 3.78. The Labute approximate surface area is 188 Å². The first-order valence-electron chi connectivity index (χ1n) is 10.1. The molecule has 0 amide bonds. The van der Waals surface area contributed by atoms with E-state index >= 15 is 0 Å². The number of imidazole rings is 1. The maximum absolute atomic E-state index is 10.8. The average molecular weight is 444 g/mol. The van der Waals surface area contributed by atoms with Crippen molar-refractivity contribution in [3.8, 4) is 11.5 Å². The van der Waals surface area contributed by atoms with Crippen molar-refractivity contribution in [3.63, 3.8) is 0 Å². The first-order valence-corrected chi connectivity index (χ1v) is 10.1. The number of nitrogens with one attached hydrogen (secondary N) is 1. The Hall–Kier alpha value is -4.60. The van der Waals surface area contributed by atoms with Crippen molar-refractivity contribution in [2.45, 2.75) is 12.8 Å². The summed E-state index contributed by atoms with van der Waals surface area (Å²) < 4.78 is 13.5. The molecule has 1 aliphatic heterocycles. The number of hydrogen-bond donors (Lipinski definition) is 2. The van der Waals surface area contributed by atoms with Crippen molar-refractivity contribution in [1.82, 2.24) is 9.55 Å². The van der Waals surface area contributed by atoms with Crippen LogP contribution in [0.1, 0.15) is 17.3 Å². The number of nitro groups is 1. The maximum Gasteiger partial charge on any atom is 0.269 e. The van der Waals surface area contributed by atoms with Crippen LogP contribution in [0.15, 0.2) is 71.7 Å². The van der Waals surface area contributed by atoms with Crippen molar-refractivity contribution < 1.29 is 14.4 Å². The van der Waals surface area contributed by atoms with Crippen LogP contribution in [0.4, 0.5) is 11.6 Å². The number of ether oxygens (including phenoxy) is 2. The minimum absolute atomic E-state index is 0.0360. The summed E-state index contributed by atoms with van der Waals surface area (Å²) in [5.41, 5.74) is 9.48. The van der Waals surface area contributed by atoms with Gasteiger partial charge in [-0.2, -0.15) is 0 Å². The van der Waals surface area contributed by atoms with Gasteiger partial charge in [-0.1, -0.05) is 18.2 Å². The molecule has 10 nitrogen and oxygen atoms in total. The zero-order valence-electron chi connectivity index (χ0n) is 17.6. The van der Waals surface area contributed by atoms with Gasteiger partial charge in [-0.15, -0.1) is 0 Å². The van der Waals surface area contributed by atoms with Gasteiger partial charge >= 0.3 is 0 Å². The summed E-state index contributed by atoms with van der Waals surface area (Å²) in [6.45, 7) is 0.239. The third-order valence-corrected chi connectivity index (χ3v) is 5.37. The largest absolute Gasteiger partial charge is 0.493 e. The Morgan fingerprint density at radius 3 is 2.67 bits per heavy atom. The molecule has 166 valence electrons. The molecule has 0 bridgehead atoms. The lowest BCUT2D eigenvalue weighted by Gasteiger charge is -2.24. The summed E-state index contributed by atoms with van der Waals surface area (Å²) in [5, 5.41) is 13.8. The molecular formula is C23H20N6O4. The van der Waals surface area contributed by atoms with Crippen LogP contribution in [0.2, 0.25) is 0 Å². The fraction of sp³-hybridized carbons (Fsp3) is 0.130. The highest BCUT2D eigenvalue weighted by atomic mass is 16.6. The maximum atomic E-state index is 10.8. The number of nitrogens with zero attached hydrogens (tertiary/aromatic N) is 4. The molecule has 33 heavy (non-hydrogen) atoms. The molecule has 0 saturated carbocycles. The number of hydrogen-bond acceptors (Lipinski definition) is 8. The van der Waals surface area contributed by atoms with E-state index in [9.17, 15) is 10.1 Å². The van der Waals surface area contributed by atoms with Gasteiger partial charge in [-0.05, 0) is 42.0 Å². The Bertz CT molecular complexity index is 1380. The van der Waals surface area contributed by atoms with Gasteiger partial charge in [0.05, 0.1) is 23.1 Å². The van der Waals surface area contributed by atoms with Crippen molar-refractivity contribution >= 4 is 28.6 Å². The third-order valence-electron chi connectivity index (χ3n) is 5.37. The van der Waals surface area contributed by atoms with Crippen LogP contribution in [0.5, 0.6) is 11.5 Å². The third kappa shape index (κ3) is 3.78. The van der Waals surface area contributed by atoms with Crippen LogP contribution >= 0.6 is 0 Å². The number of anilines is 1. The molecule has 0 fully saturated rings. The van der Waals surface area contributed by atoms with Crippen molar-refractivity contribution in [3.05, 3.63) is 88.0 Å². The molecule has 0 spiro atoms. The summed E-state index contributed by atoms with van der Waals surface area (Å²) in [5.74, 6) is 1.97. The van der Waals surface area contributed by atoms with Crippen LogP contribution in [0, 0.1) is 10.1 Å². The van der Waals surface area contributed by atoms with Crippen molar-refractivity contribution in [1.29, 1.82) is 0 Å². The minimum atomic E-state index is -0.433. The van der Waals surface area contributed by atoms with E-state index in [2.05, 4.69) is 15.3 Å². The Morgan fingerprint density at radius 2 is 1.91 bits per heavy atom. The highest BCUT2D eigenvalue weighted by Crippen LogP contribution is 2.36. The molecule has 0 radical (unpaired) electrons. The normalized spacial score (nSPS) is 14.8. The summed E-state index contributed by atoms with van der Waals surface area (Å²) in [6, 6.07) is 19.6. The molecule has 4 aromatic rings.